The van der Waals surface area contributed by atoms with E-state index in [1.807, 2.05) is 67.6 Å². The minimum Gasteiger partial charge on any atom is -0.497 e. The van der Waals surface area contributed by atoms with Crippen molar-refractivity contribution in [2.45, 2.75) is 26.8 Å². The van der Waals surface area contributed by atoms with Gasteiger partial charge in [-0.2, -0.15) is 15.1 Å². The van der Waals surface area contributed by atoms with Gasteiger partial charge in [-0.1, -0.05) is 31.2 Å². The number of piperazine rings is 1. The number of methoxy groups -OCH3 is 1. The molecule has 214 valence electrons. The number of aromatic nitrogens is 4. The Morgan fingerprint density at radius 3 is 2.32 bits per heavy atom. The molecule has 0 spiro atoms. The predicted molar refractivity (Wildman–Crippen MR) is 161 cm³/mol. The van der Waals surface area contributed by atoms with Gasteiger partial charge in [0.1, 0.15) is 17.4 Å². The van der Waals surface area contributed by atoms with Crippen molar-refractivity contribution in [3.63, 3.8) is 0 Å². The summed E-state index contributed by atoms with van der Waals surface area (Å²) in [5, 5.41) is 16.8. The lowest BCUT2D eigenvalue weighted by Gasteiger charge is -2.34. The molecule has 2 aromatic heterocycles. The number of aromatic amines is 1. The number of amides is 1. The van der Waals surface area contributed by atoms with Gasteiger partial charge in [-0.3, -0.25) is 9.89 Å². The third-order valence-electron chi connectivity index (χ3n) is 7.04. The van der Waals surface area contributed by atoms with E-state index in [0.29, 0.717) is 30.5 Å². The second-order valence-electron chi connectivity index (χ2n) is 10.0. The molecule has 4 aromatic rings. The molecule has 0 unspecified atom stereocenters. The second-order valence-corrected chi connectivity index (χ2v) is 10.0. The predicted octanol–water partition coefficient (Wildman–Crippen LogP) is 4.00. The summed E-state index contributed by atoms with van der Waals surface area (Å²) in [6, 6.07) is 19.3. The topological polar surface area (TPSA) is 123 Å². The first-order valence-corrected chi connectivity index (χ1v) is 13.9. The highest BCUT2D eigenvalue weighted by atomic mass is 16.5. The minimum absolute atomic E-state index is 0.0370. The van der Waals surface area contributed by atoms with Gasteiger partial charge in [-0.15, -0.1) is 0 Å². The van der Waals surface area contributed by atoms with Gasteiger partial charge in [0, 0.05) is 56.2 Å². The van der Waals surface area contributed by atoms with Gasteiger partial charge >= 0.3 is 0 Å². The van der Waals surface area contributed by atoms with Crippen LogP contribution >= 0.6 is 0 Å². The van der Waals surface area contributed by atoms with Crippen LogP contribution in [0.3, 0.4) is 0 Å². The summed E-state index contributed by atoms with van der Waals surface area (Å²) in [7, 11) is 1.63. The average Bonchev–Trinajstić information content (AvgIpc) is 3.41. The van der Waals surface area contributed by atoms with Gasteiger partial charge in [0.15, 0.2) is 5.82 Å². The molecule has 1 amide bonds. The molecule has 1 saturated heterocycles. The van der Waals surface area contributed by atoms with E-state index in [1.54, 1.807) is 7.11 Å². The van der Waals surface area contributed by atoms with Gasteiger partial charge in [-0.25, -0.2) is 0 Å². The Labute approximate surface area is 240 Å². The summed E-state index contributed by atoms with van der Waals surface area (Å²) in [5.41, 5.74) is 3.74. The van der Waals surface area contributed by atoms with E-state index in [-0.39, 0.29) is 5.91 Å². The number of H-pyrrole nitrogens is 1. The Hall–Kier alpha value is -4.64. The van der Waals surface area contributed by atoms with Crippen molar-refractivity contribution in [1.82, 2.24) is 30.4 Å². The van der Waals surface area contributed by atoms with Crippen LogP contribution < -0.4 is 25.6 Å². The molecule has 0 atom stereocenters. The number of nitrogens with zero attached hydrogens (tertiary/aromatic N) is 5. The molecule has 0 bridgehead atoms. The number of ether oxygens (including phenoxy) is 1. The van der Waals surface area contributed by atoms with Crippen molar-refractivity contribution in [1.29, 1.82) is 0 Å². The SMILES string of the molecule is CCN1CCN(c2cc(Nc3cc(C)[nH]n3)nc(Nc3ccc(CC(=O)NCc4ccc(OC)cc4)cc3)n2)CC1. The van der Waals surface area contributed by atoms with E-state index in [0.717, 1.165) is 66.8 Å². The fourth-order valence-electron chi connectivity index (χ4n) is 4.65. The van der Waals surface area contributed by atoms with Crippen LogP contribution in [0.5, 0.6) is 5.75 Å². The lowest BCUT2D eigenvalue weighted by molar-refractivity contribution is -0.120. The third kappa shape index (κ3) is 7.73. The molecule has 1 fully saturated rings. The highest BCUT2D eigenvalue weighted by molar-refractivity contribution is 5.78. The number of rotatable bonds is 11. The monoisotopic (exact) mass is 555 g/mol. The van der Waals surface area contributed by atoms with Gasteiger partial charge in [0.25, 0.3) is 0 Å². The number of hydrogen-bond acceptors (Lipinski definition) is 9. The molecular weight excluding hydrogens is 518 g/mol. The third-order valence-corrected chi connectivity index (χ3v) is 7.04. The number of nitrogens with one attached hydrogen (secondary N) is 4. The molecule has 1 aliphatic heterocycles. The number of anilines is 5. The number of carbonyl (C=O) groups excluding carboxylic acids is 1. The standard InChI is InChI=1S/C30H37N9O2/c1-4-38-13-15-39(16-14-38)28-19-26(33-27-17-21(2)36-37-27)34-30(35-28)32-24-9-5-22(6-10-24)18-29(40)31-20-23-7-11-25(41-3)12-8-23/h5-12,17,19H,4,13-16,18,20H2,1-3H3,(H,31,40)(H3,32,33,34,35,36,37). The molecule has 0 aliphatic carbocycles. The summed E-state index contributed by atoms with van der Waals surface area (Å²) in [5.74, 6) is 3.46. The molecular formula is C30H37N9O2. The lowest BCUT2D eigenvalue weighted by Crippen LogP contribution is -2.46. The normalized spacial score (nSPS) is 13.6. The van der Waals surface area contributed by atoms with Gasteiger partial charge < -0.3 is 30.5 Å². The highest BCUT2D eigenvalue weighted by Crippen LogP contribution is 2.24. The Bertz CT molecular complexity index is 1430. The zero-order valence-corrected chi connectivity index (χ0v) is 23.8. The summed E-state index contributed by atoms with van der Waals surface area (Å²) >= 11 is 0. The largest absolute Gasteiger partial charge is 0.497 e. The Balaban J connectivity index is 1.23. The van der Waals surface area contributed by atoms with Crippen molar-refractivity contribution in [3.8, 4) is 5.75 Å². The molecule has 3 heterocycles. The van der Waals surface area contributed by atoms with Crippen LogP contribution in [0.25, 0.3) is 0 Å². The van der Waals surface area contributed by atoms with E-state index >= 15 is 0 Å². The maximum absolute atomic E-state index is 12.5. The fourth-order valence-corrected chi connectivity index (χ4v) is 4.65. The maximum Gasteiger partial charge on any atom is 0.231 e. The number of hydrogen-bond donors (Lipinski definition) is 4. The first-order chi connectivity index (χ1) is 20.0. The summed E-state index contributed by atoms with van der Waals surface area (Å²) < 4.78 is 5.18. The molecule has 2 aromatic carbocycles. The van der Waals surface area contributed by atoms with Crippen molar-refractivity contribution in [2.75, 3.05) is 55.4 Å². The first kappa shape index (κ1) is 27.9. The van der Waals surface area contributed by atoms with Crippen molar-refractivity contribution < 1.29 is 9.53 Å². The molecule has 0 saturated carbocycles. The molecule has 0 radical (unpaired) electrons. The maximum atomic E-state index is 12.5. The van der Waals surface area contributed by atoms with Crippen LogP contribution in [0.4, 0.5) is 29.1 Å². The minimum atomic E-state index is -0.0370. The fraction of sp³-hybridized carbons (Fsp3) is 0.333. The van der Waals surface area contributed by atoms with Gasteiger partial charge in [0.2, 0.25) is 11.9 Å². The summed E-state index contributed by atoms with van der Waals surface area (Å²) in [6.45, 7) is 9.48. The second kappa shape index (κ2) is 13.1. The highest BCUT2D eigenvalue weighted by Gasteiger charge is 2.19. The smallest absolute Gasteiger partial charge is 0.231 e. The Morgan fingerprint density at radius 2 is 1.66 bits per heavy atom. The number of aryl methyl sites for hydroxylation is 1. The van der Waals surface area contributed by atoms with Crippen LogP contribution in [0.1, 0.15) is 23.7 Å². The quantitative estimate of drug-likeness (QED) is 0.217. The van der Waals surface area contributed by atoms with Gasteiger partial charge in [0.05, 0.1) is 13.5 Å². The number of carbonyl (C=O) groups is 1. The van der Waals surface area contributed by atoms with Crippen LogP contribution in [0.2, 0.25) is 0 Å². The molecule has 1 aliphatic rings. The van der Waals surface area contributed by atoms with E-state index in [1.165, 1.54) is 0 Å². The molecule has 4 N–H and O–H groups in total. The van der Waals surface area contributed by atoms with E-state index in [2.05, 4.69) is 42.9 Å². The molecule has 11 heteroatoms. The number of likely N-dealkylation sites (N-methyl/N-ethyl adjacent to an activating group) is 1. The summed E-state index contributed by atoms with van der Waals surface area (Å²) in [4.78, 5) is 26.8. The van der Waals surface area contributed by atoms with Crippen LogP contribution in [-0.4, -0.2) is 70.8 Å². The molecule has 41 heavy (non-hydrogen) atoms. The Kier molecular flexibility index (Phi) is 8.95. The lowest BCUT2D eigenvalue weighted by atomic mass is 10.1. The zero-order chi connectivity index (χ0) is 28.6. The first-order valence-electron chi connectivity index (χ1n) is 13.9. The van der Waals surface area contributed by atoms with Crippen LogP contribution in [0.15, 0.2) is 60.7 Å². The number of benzene rings is 2. The van der Waals surface area contributed by atoms with Crippen LogP contribution in [0, 0.1) is 6.92 Å². The van der Waals surface area contributed by atoms with E-state index < -0.39 is 0 Å². The van der Waals surface area contributed by atoms with Crippen molar-refractivity contribution in [3.05, 3.63) is 77.5 Å². The Morgan fingerprint density at radius 1 is 0.927 bits per heavy atom. The molecule has 11 nitrogen and oxygen atoms in total. The summed E-state index contributed by atoms with van der Waals surface area (Å²) in [6.07, 6.45) is 0.295. The van der Waals surface area contributed by atoms with Gasteiger partial charge in [-0.05, 0) is 48.9 Å². The zero-order valence-electron chi connectivity index (χ0n) is 23.8. The van der Waals surface area contributed by atoms with Crippen molar-refractivity contribution >= 4 is 35.0 Å². The average molecular weight is 556 g/mol. The molecule has 5 rings (SSSR count). The van der Waals surface area contributed by atoms with Crippen LogP contribution in [-0.2, 0) is 17.8 Å². The van der Waals surface area contributed by atoms with E-state index in [4.69, 9.17) is 14.7 Å². The van der Waals surface area contributed by atoms with Crippen molar-refractivity contribution in [2.24, 2.45) is 0 Å². The van der Waals surface area contributed by atoms with E-state index in [9.17, 15) is 4.79 Å².